The number of halogens is 1. The lowest BCUT2D eigenvalue weighted by Gasteiger charge is -2.38. The van der Waals surface area contributed by atoms with E-state index in [-0.39, 0.29) is 11.8 Å². The van der Waals surface area contributed by atoms with Gasteiger partial charge in [0.25, 0.3) is 0 Å². The van der Waals surface area contributed by atoms with Crippen molar-refractivity contribution >= 4 is 29.1 Å². The standard InChI is InChI=1S/C26H32ClN3O3/c1-33-23-11-10-21(18-22(23)27)28-25(31)24(19-8-4-2-5-9-19)29-16-12-20(13-17-29)26(32)30-14-6-3-7-15-30/h2,4-5,8-11,18,20,24H,3,6-7,12-17H2,1H3,(H,28,31). The molecule has 0 saturated carbocycles. The molecule has 4 rings (SSSR count). The maximum atomic E-state index is 13.4. The monoisotopic (exact) mass is 469 g/mol. The SMILES string of the molecule is COc1ccc(NC(=O)C(c2ccccc2)N2CCC(C(=O)N3CCCCC3)CC2)cc1Cl. The van der Waals surface area contributed by atoms with E-state index in [1.165, 1.54) is 6.42 Å². The Balaban J connectivity index is 1.46. The molecule has 1 atom stereocenters. The number of piperidine rings is 2. The van der Waals surface area contributed by atoms with Crippen LogP contribution in [0.4, 0.5) is 5.69 Å². The number of carbonyl (C=O) groups is 2. The van der Waals surface area contributed by atoms with E-state index in [1.807, 2.05) is 35.2 Å². The summed E-state index contributed by atoms with van der Waals surface area (Å²) >= 11 is 6.25. The number of likely N-dealkylation sites (tertiary alicyclic amines) is 2. The number of anilines is 1. The Kier molecular flexibility index (Phi) is 7.89. The van der Waals surface area contributed by atoms with Gasteiger partial charge in [0.15, 0.2) is 0 Å². The summed E-state index contributed by atoms with van der Waals surface area (Å²) in [6.45, 7) is 3.19. The fourth-order valence-corrected chi connectivity index (χ4v) is 5.15. The summed E-state index contributed by atoms with van der Waals surface area (Å²) in [5.41, 5.74) is 1.57. The van der Waals surface area contributed by atoms with Gasteiger partial charge in [0, 0.05) is 24.7 Å². The van der Waals surface area contributed by atoms with Gasteiger partial charge in [-0.1, -0.05) is 41.9 Å². The number of amides is 2. The van der Waals surface area contributed by atoms with E-state index in [9.17, 15) is 9.59 Å². The molecule has 0 aromatic heterocycles. The zero-order valence-electron chi connectivity index (χ0n) is 19.1. The van der Waals surface area contributed by atoms with Crippen LogP contribution in [0.2, 0.25) is 5.02 Å². The highest BCUT2D eigenvalue weighted by atomic mass is 35.5. The molecule has 2 aliphatic heterocycles. The van der Waals surface area contributed by atoms with Crippen molar-refractivity contribution in [2.75, 3.05) is 38.6 Å². The van der Waals surface area contributed by atoms with Crippen LogP contribution in [-0.4, -0.2) is 54.9 Å². The van der Waals surface area contributed by atoms with Crippen molar-refractivity contribution in [2.24, 2.45) is 5.92 Å². The van der Waals surface area contributed by atoms with E-state index in [4.69, 9.17) is 16.3 Å². The van der Waals surface area contributed by atoms with E-state index in [1.54, 1.807) is 25.3 Å². The molecule has 2 saturated heterocycles. The van der Waals surface area contributed by atoms with Crippen molar-refractivity contribution in [1.82, 2.24) is 9.80 Å². The van der Waals surface area contributed by atoms with Crippen LogP contribution >= 0.6 is 11.6 Å². The van der Waals surface area contributed by atoms with Crippen LogP contribution in [0, 0.1) is 5.92 Å². The van der Waals surface area contributed by atoms with Gasteiger partial charge in [-0.25, -0.2) is 0 Å². The van der Waals surface area contributed by atoms with Crippen molar-refractivity contribution in [3.05, 3.63) is 59.1 Å². The van der Waals surface area contributed by atoms with Gasteiger partial charge in [-0.15, -0.1) is 0 Å². The average Bonchev–Trinajstić information content (AvgIpc) is 2.85. The molecule has 2 aliphatic rings. The Morgan fingerprint density at radius 1 is 1.00 bits per heavy atom. The summed E-state index contributed by atoms with van der Waals surface area (Å²) in [6.07, 6.45) is 4.99. The molecule has 2 heterocycles. The van der Waals surface area contributed by atoms with Crippen LogP contribution in [0.3, 0.4) is 0 Å². The second-order valence-electron chi connectivity index (χ2n) is 8.85. The number of nitrogens with one attached hydrogen (secondary N) is 1. The first-order valence-electron chi connectivity index (χ1n) is 11.8. The summed E-state index contributed by atoms with van der Waals surface area (Å²) in [5.74, 6) is 0.806. The summed E-state index contributed by atoms with van der Waals surface area (Å²) in [4.78, 5) is 30.6. The van der Waals surface area contributed by atoms with Gasteiger partial charge in [0.2, 0.25) is 11.8 Å². The molecular formula is C26H32ClN3O3. The van der Waals surface area contributed by atoms with Gasteiger partial charge in [-0.3, -0.25) is 14.5 Å². The van der Waals surface area contributed by atoms with Crippen LogP contribution in [0.25, 0.3) is 0 Å². The minimum Gasteiger partial charge on any atom is -0.495 e. The Morgan fingerprint density at radius 3 is 2.33 bits per heavy atom. The van der Waals surface area contributed by atoms with Crippen LogP contribution in [-0.2, 0) is 9.59 Å². The number of benzene rings is 2. The molecule has 7 heteroatoms. The first-order chi connectivity index (χ1) is 16.1. The highest BCUT2D eigenvalue weighted by Gasteiger charge is 2.34. The van der Waals surface area contributed by atoms with Gasteiger partial charge >= 0.3 is 0 Å². The van der Waals surface area contributed by atoms with Crippen molar-refractivity contribution < 1.29 is 14.3 Å². The Hall–Kier alpha value is -2.57. The van der Waals surface area contributed by atoms with E-state index >= 15 is 0 Å². The van der Waals surface area contributed by atoms with Crippen molar-refractivity contribution in [2.45, 2.75) is 38.1 Å². The Labute approximate surface area is 200 Å². The number of hydrogen-bond acceptors (Lipinski definition) is 4. The quantitative estimate of drug-likeness (QED) is 0.663. The molecule has 1 N–H and O–H groups in total. The predicted molar refractivity (Wildman–Crippen MR) is 131 cm³/mol. The fraction of sp³-hybridized carbons (Fsp3) is 0.462. The lowest BCUT2D eigenvalue weighted by atomic mass is 9.92. The molecule has 33 heavy (non-hydrogen) atoms. The van der Waals surface area contributed by atoms with E-state index < -0.39 is 6.04 Å². The van der Waals surface area contributed by atoms with Gasteiger partial charge in [0.05, 0.1) is 12.1 Å². The summed E-state index contributed by atoms with van der Waals surface area (Å²) in [7, 11) is 1.56. The number of ether oxygens (including phenoxy) is 1. The molecule has 2 aromatic carbocycles. The average molecular weight is 470 g/mol. The van der Waals surface area contributed by atoms with E-state index in [0.717, 1.165) is 44.3 Å². The topological polar surface area (TPSA) is 61.9 Å². The largest absolute Gasteiger partial charge is 0.495 e. The van der Waals surface area contributed by atoms with Crippen LogP contribution in [0.1, 0.15) is 43.7 Å². The molecule has 6 nitrogen and oxygen atoms in total. The lowest BCUT2D eigenvalue weighted by molar-refractivity contribution is -0.138. The number of carbonyl (C=O) groups excluding carboxylic acids is 2. The first-order valence-corrected chi connectivity index (χ1v) is 12.2. The fourth-order valence-electron chi connectivity index (χ4n) is 4.90. The number of methoxy groups -OCH3 is 1. The van der Waals surface area contributed by atoms with Crippen LogP contribution in [0.5, 0.6) is 5.75 Å². The molecular weight excluding hydrogens is 438 g/mol. The minimum atomic E-state index is -0.432. The van der Waals surface area contributed by atoms with E-state index in [2.05, 4.69) is 10.2 Å². The third kappa shape index (κ3) is 5.68. The van der Waals surface area contributed by atoms with Crippen LogP contribution in [0.15, 0.2) is 48.5 Å². The van der Waals surface area contributed by atoms with Gasteiger partial charge < -0.3 is 15.0 Å². The molecule has 0 bridgehead atoms. The maximum Gasteiger partial charge on any atom is 0.246 e. The predicted octanol–water partition coefficient (Wildman–Crippen LogP) is 4.75. The second kappa shape index (κ2) is 11.0. The Bertz CT molecular complexity index is 955. The van der Waals surface area contributed by atoms with Crippen LogP contribution < -0.4 is 10.1 Å². The molecule has 2 amide bonds. The van der Waals surface area contributed by atoms with Gasteiger partial charge in [-0.2, -0.15) is 0 Å². The summed E-state index contributed by atoms with van der Waals surface area (Å²) < 4.78 is 5.21. The molecule has 2 aromatic rings. The third-order valence-corrected chi connectivity index (χ3v) is 6.99. The van der Waals surface area contributed by atoms with Crippen molar-refractivity contribution in [3.8, 4) is 5.75 Å². The second-order valence-corrected chi connectivity index (χ2v) is 9.26. The minimum absolute atomic E-state index is 0.0548. The molecule has 1 unspecified atom stereocenters. The van der Waals surface area contributed by atoms with Gasteiger partial charge in [-0.05, 0) is 69.0 Å². The molecule has 0 aliphatic carbocycles. The molecule has 176 valence electrons. The normalized spacial score (nSPS) is 18.5. The maximum absolute atomic E-state index is 13.4. The smallest absolute Gasteiger partial charge is 0.246 e. The molecule has 2 fully saturated rings. The number of nitrogens with zero attached hydrogens (tertiary/aromatic N) is 2. The zero-order chi connectivity index (χ0) is 23.2. The van der Waals surface area contributed by atoms with E-state index in [0.29, 0.717) is 35.5 Å². The zero-order valence-corrected chi connectivity index (χ0v) is 19.9. The molecule has 0 spiro atoms. The van der Waals surface area contributed by atoms with Crippen molar-refractivity contribution in [1.29, 1.82) is 0 Å². The summed E-state index contributed by atoms with van der Waals surface area (Å²) in [6, 6.07) is 14.6. The highest BCUT2D eigenvalue weighted by molar-refractivity contribution is 6.32. The third-order valence-electron chi connectivity index (χ3n) is 6.69. The number of hydrogen-bond donors (Lipinski definition) is 1. The Morgan fingerprint density at radius 2 is 1.70 bits per heavy atom. The lowest BCUT2D eigenvalue weighted by Crippen LogP contribution is -2.47. The van der Waals surface area contributed by atoms with Gasteiger partial charge in [0.1, 0.15) is 11.8 Å². The number of rotatable bonds is 6. The summed E-state index contributed by atoms with van der Waals surface area (Å²) in [5, 5.41) is 3.47. The highest BCUT2D eigenvalue weighted by Crippen LogP contribution is 2.31. The first kappa shape index (κ1) is 23.6. The molecule has 0 radical (unpaired) electrons. The van der Waals surface area contributed by atoms with Crippen molar-refractivity contribution in [3.63, 3.8) is 0 Å².